The number of methoxy groups -OCH3 is 1. The van der Waals surface area contributed by atoms with Crippen LogP contribution in [0.3, 0.4) is 0 Å². The van der Waals surface area contributed by atoms with Crippen LogP contribution in [0.25, 0.3) is 0 Å². The van der Waals surface area contributed by atoms with Crippen LogP contribution in [-0.4, -0.2) is 13.1 Å². The van der Waals surface area contributed by atoms with Crippen LogP contribution in [0.5, 0.6) is 0 Å². The van der Waals surface area contributed by atoms with Crippen molar-refractivity contribution in [2.24, 2.45) is 17.8 Å². The third-order valence-electron chi connectivity index (χ3n) is 4.58. The fraction of sp³-hybridized carbons (Fsp3) is 0.588. The minimum absolute atomic E-state index is 0.0448. The topological polar surface area (TPSA) is 26.3 Å². The zero-order valence-corrected chi connectivity index (χ0v) is 12.0. The fourth-order valence-corrected chi connectivity index (χ4v) is 3.44. The van der Waals surface area contributed by atoms with Crippen molar-refractivity contribution in [3.63, 3.8) is 0 Å². The lowest BCUT2D eigenvalue weighted by Gasteiger charge is -2.24. The van der Waals surface area contributed by atoms with E-state index in [0.29, 0.717) is 11.8 Å². The summed E-state index contributed by atoms with van der Waals surface area (Å²) in [5.74, 6) is 1.19. The van der Waals surface area contributed by atoms with Gasteiger partial charge in [0.05, 0.1) is 13.0 Å². The van der Waals surface area contributed by atoms with Gasteiger partial charge in [-0.15, -0.1) is 0 Å². The van der Waals surface area contributed by atoms with Crippen molar-refractivity contribution >= 4 is 5.97 Å². The summed E-state index contributed by atoms with van der Waals surface area (Å²) in [6.45, 7) is 2.03. The van der Waals surface area contributed by atoms with Crippen LogP contribution >= 0.6 is 0 Å². The lowest BCUT2D eigenvalue weighted by atomic mass is 9.82. The van der Waals surface area contributed by atoms with Crippen molar-refractivity contribution < 1.29 is 9.53 Å². The maximum absolute atomic E-state index is 11.7. The molecule has 2 rings (SSSR count). The summed E-state index contributed by atoms with van der Waals surface area (Å²) in [6, 6.07) is 10.6. The van der Waals surface area contributed by atoms with Crippen molar-refractivity contribution in [3.05, 3.63) is 35.9 Å². The molecule has 0 aromatic heterocycles. The highest BCUT2D eigenvalue weighted by molar-refractivity contribution is 5.72. The molecule has 0 unspecified atom stereocenters. The van der Waals surface area contributed by atoms with Crippen LogP contribution < -0.4 is 0 Å². The summed E-state index contributed by atoms with van der Waals surface area (Å²) in [5, 5.41) is 0. The third kappa shape index (κ3) is 3.59. The highest BCUT2D eigenvalue weighted by Gasteiger charge is 2.34. The molecule has 0 radical (unpaired) electrons. The van der Waals surface area contributed by atoms with Crippen LogP contribution in [0.15, 0.2) is 30.3 Å². The van der Waals surface area contributed by atoms with Gasteiger partial charge in [-0.2, -0.15) is 0 Å². The molecule has 1 fully saturated rings. The minimum atomic E-state index is -0.0448. The van der Waals surface area contributed by atoms with Crippen molar-refractivity contribution in [2.45, 2.75) is 39.0 Å². The predicted molar refractivity (Wildman–Crippen MR) is 76.8 cm³/mol. The van der Waals surface area contributed by atoms with Crippen molar-refractivity contribution in [2.75, 3.05) is 7.11 Å². The van der Waals surface area contributed by atoms with Gasteiger partial charge in [0, 0.05) is 0 Å². The molecule has 19 heavy (non-hydrogen) atoms. The van der Waals surface area contributed by atoms with Gasteiger partial charge < -0.3 is 4.74 Å². The standard InChI is InChI=1S/C17H24O2/c1-13(17(18)19-2)16-10-6-9-15(16)12-11-14-7-4-3-5-8-14/h3-5,7-8,13,15-16H,6,9-12H2,1-2H3/t13-,15+,16+/m0/s1. The first-order valence-electron chi connectivity index (χ1n) is 7.34. The number of hydrogen-bond acceptors (Lipinski definition) is 2. The zero-order valence-electron chi connectivity index (χ0n) is 12.0. The smallest absolute Gasteiger partial charge is 0.308 e. The SMILES string of the molecule is COC(=O)[C@@H](C)[C@H]1CCC[C@@H]1CCc1ccccc1. The molecule has 2 nitrogen and oxygen atoms in total. The summed E-state index contributed by atoms with van der Waals surface area (Å²) in [6.07, 6.45) is 6.01. The molecule has 0 bridgehead atoms. The molecule has 2 heteroatoms. The van der Waals surface area contributed by atoms with E-state index in [4.69, 9.17) is 4.74 Å². The van der Waals surface area contributed by atoms with Gasteiger partial charge in [0.25, 0.3) is 0 Å². The van der Waals surface area contributed by atoms with Crippen LogP contribution in [0.4, 0.5) is 0 Å². The minimum Gasteiger partial charge on any atom is -0.469 e. The number of hydrogen-bond donors (Lipinski definition) is 0. The van der Waals surface area contributed by atoms with E-state index >= 15 is 0 Å². The fourth-order valence-electron chi connectivity index (χ4n) is 3.44. The second-order valence-electron chi connectivity index (χ2n) is 5.69. The van der Waals surface area contributed by atoms with Gasteiger partial charge in [-0.3, -0.25) is 4.79 Å². The molecule has 0 N–H and O–H groups in total. The molecular weight excluding hydrogens is 236 g/mol. The molecule has 3 atom stereocenters. The Balaban J connectivity index is 1.90. The number of rotatable bonds is 5. The molecule has 0 spiro atoms. The number of benzene rings is 1. The van der Waals surface area contributed by atoms with E-state index in [-0.39, 0.29) is 11.9 Å². The van der Waals surface area contributed by atoms with Gasteiger partial charge in [0.2, 0.25) is 0 Å². The second kappa shape index (κ2) is 6.74. The molecule has 0 aliphatic heterocycles. The molecule has 0 amide bonds. The molecule has 1 aliphatic carbocycles. The van der Waals surface area contributed by atoms with E-state index < -0.39 is 0 Å². The van der Waals surface area contributed by atoms with E-state index in [1.54, 1.807) is 0 Å². The largest absolute Gasteiger partial charge is 0.469 e. The maximum atomic E-state index is 11.7. The highest BCUT2D eigenvalue weighted by Crippen LogP contribution is 2.39. The quantitative estimate of drug-likeness (QED) is 0.752. The van der Waals surface area contributed by atoms with Crippen molar-refractivity contribution in [3.8, 4) is 0 Å². The van der Waals surface area contributed by atoms with Gasteiger partial charge in [-0.25, -0.2) is 0 Å². The van der Waals surface area contributed by atoms with E-state index in [2.05, 4.69) is 30.3 Å². The first kappa shape index (κ1) is 14.1. The zero-order chi connectivity index (χ0) is 13.7. The Labute approximate surface area is 116 Å². The average Bonchev–Trinajstić information content (AvgIpc) is 2.93. The summed E-state index contributed by atoms with van der Waals surface area (Å²) in [7, 11) is 1.49. The molecule has 1 aromatic carbocycles. The number of ether oxygens (including phenoxy) is 1. The van der Waals surface area contributed by atoms with E-state index in [0.717, 1.165) is 6.42 Å². The maximum Gasteiger partial charge on any atom is 0.308 e. The number of esters is 1. The Bertz CT molecular complexity index is 399. The summed E-state index contributed by atoms with van der Waals surface area (Å²) >= 11 is 0. The average molecular weight is 260 g/mol. The molecule has 0 saturated heterocycles. The summed E-state index contributed by atoms with van der Waals surface area (Å²) in [5.41, 5.74) is 1.40. The van der Waals surface area contributed by atoms with E-state index in [1.807, 2.05) is 6.92 Å². The normalized spacial score (nSPS) is 24.1. The predicted octanol–water partition coefficient (Wildman–Crippen LogP) is 3.84. The van der Waals surface area contributed by atoms with Gasteiger partial charge >= 0.3 is 5.97 Å². The monoisotopic (exact) mass is 260 g/mol. The second-order valence-corrected chi connectivity index (χ2v) is 5.69. The number of aryl methyl sites for hydroxylation is 1. The van der Waals surface area contributed by atoms with E-state index in [1.165, 1.54) is 38.4 Å². The molecular formula is C17H24O2. The van der Waals surface area contributed by atoms with Crippen LogP contribution in [-0.2, 0) is 16.0 Å². The first-order valence-corrected chi connectivity index (χ1v) is 7.34. The number of carbonyl (C=O) groups excluding carboxylic acids is 1. The molecule has 1 aromatic rings. The number of carbonyl (C=O) groups is 1. The van der Waals surface area contributed by atoms with Gasteiger partial charge in [-0.1, -0.05) is 50.1 Å². The van der Waals surface area contributed by atoms with Crippen molar-refractivity contribution in [1.82, 2.24) is 0 Å². The van der Waals surface area contributed by atoms with Gasteiger partial charge in [0.15, 0.2) is 0 Å². The van der Waals surface area contributed by atoms with Crippen molar-refractivity contribution in [1.29, 1.82) is 0 Å². The lowest BCUT2D eigenvalue weighted by molar-refractivity contribution is -0.147. The van der Waals surface area contributed by atoms with Crippen LogP contribution in [0.1, 0.15) is 38.2 Å². The molecule has 1 aliphatic rings. The molecule has 1 saturated carbocycles. The Morgan fingerprint density at radius 3 is 2.74 bits per heavy atom. The van der Waals surface area contributed by atoms with Crippen LogP contribution in [0, 0.1) is 17.8 Å². The third-order valence-corrected chi connectivity index (χ3v) is 4.58. The van der Waals surface area contributed by atoms with Crippen LogP contribution in [0.2, 0.25) is 0 Å². The van der Waals surface area contributed by atoms with Gasteiger partial charge in [0.1, 0.15) is 0 Å². The Morgan fingerprint density at radius 2 is 2.05 bits per heavy atom. The summed E-state index contributed by atoms with van der Waals surface area (Å²) in [4.78, 5) is 11.7. The Hall–Kier alpha value is -1.31. The highest BCUT2D eigenvalue weighted by atomic mass is 16.5. The molecule has 104 valence electrons. The van der Waals surface area contributed by atoms with E-state index in [9.17, 15) is 4.79 Å². The van der Waals surface area contributed by atoms with Gasteiger partial charge in [-0.05, 0) is 36.7 Å². The first-order chi connectivity index (χ1) is 9.22. The summed E-state index contributed by atoms with van der Waals surface area (Å²) < 4.78 is 4.90. The Kier molecular flexibility index (Phi) is 5.00. The lowest BCUT2D eigenvalue weighted by Crippen LogP contribution is -2.25. The molecule has 0 heterocycles. The Morgan fingerprint density at radius 1 is 1.32 bits per heavy atom.